The molecule has 6 heteroatoms. The van der Waals surface area contributed by atoms with E-state index in [-0.39, 0.29) is 25.5 Å². The minimum absolute atomic E-state index is 0.0664. The van der Waals surface area contributed by atoms with E-state index in [4.69, 9.17) is 9.84 Å². The highest BCUT2D eigenvalue weighted by molar-refractivity contribution is 7.98. The van der Waals surface area contributed by atoms with E-state index >= 15 is 0 Å². The Morgan fingerprint density at radius 3 is 2.74 bits per heavy atom. The van der Waals surface area contributed by atoms with Crippen molar-refractivity contribution < 1.29 is 19.4 Å². The Labute approximate surface area is 116 Å². The lowest BCUT2D eigenvalue weighted by atomic mass is 10.2. The van der Waals surface area contributed by atoms with Crippen LogP contribution >= 0.6 is 11.8 Å². The van der Waals surface area contributed by atoms with Gasteiger partial charge in [0.1, 0.15) is 6.61 Å². The Morgan fingerprint density at radius 2 is 2.16 bits per heavy atom. The number of hydrogen-bond acceptors (Lipinski definition) is 4. The molecule has 1 aromatic rings. The van der Waals surface area contributed by atoms with Gasteiger partial charge in [0.05, 0.1) is 6.42 Å². The van der Waals surface area contributed by atoms with Crippen LogP contribution < -0.4 is 4.90 Å². The molecular weight excluding hydrogens is 266 g/mol. The molecule has 0 aliphatic rings. The number of anilines is 1. The molecule has 1 N–H and O–H groups in total. The Morgan fingerprint density at radius 1 is 1.42 bits per heavy atom. The highest BCUT2D eigenvalue weighted by Crippen LogP contribution is 2.22. The second-order valence-corrected chi connectivity index (χ2v) is 4.70. The summed E-state index contributed by atoms with van der Waals surface area (Å²) in [6, 6.07) is 7.43. The highest BCUT2D eigenvalue weighted by Gasteiger charge is 2.16. The third-order valence-electron chi connectivity index (χ3n) is 2.48. The lowest BCUT2D eigenvalue weighted by Crippen LogP contribution is -2.35. The smallest absolute Gasteiger partial charge is 0.305 e. The van der Waals surface area contributed by atoms with Gasteiger partial charge in [0.25, 0.3) is 5.91 Å². The summed E-state index contributed by atoms with van der Waals surface area (Å²) in [5, 5.41) is 8.75. The molecule has 1 rings (SSSR count). The number of aliphatic carboxylic acids is 1. The Kier molecular flexibility index (Phi) is 6.38. The molecule has 0 bridgehead atoms. The number of carboxylic acid groups (broad SMARTS) is 1. The number of nitrogens with zero attached hydrogens (tertiary/aromatic N) is 1. The average molecular weight is 283 g/mol. The van der Waals surface area contributed by atoms with Crippen LogP contribution in [0.2, 0.25) is 0 Å². The van der Waals surface area contributed by atoms with Gasteiger partial charge in [-0.15, -0.1) is 11.8 Å². The van der Waals surface area contributed by atoms with Crippen LogP contribution in [-0.4, -0.2) is 43.5 Å². The summed E-state index contributed by atoms with van der Waals surface area (Å²) in [5.74, 6) is -1.18. The summed E-state index contributed by atoms with van der Waals surface area (Å²) < 4.78 is 4.83. The number of carbonyl (C=O) groups excluding carboxylic acids is 1. The monoisotopic (exact) mass is 283 g/mol. The van der Waals surface area contributed by atoms with Crippen molar-refractivity contribution >= 4 is 29.3 Å². The van der Waals surface area contributed by atoms with Crippen LogP contribution in [0, 0.1) is 0 Å². The van der Waals surface area contributed by atoms with Gasteiger partial charge in [0, 0.05) is 24.2 Å². The van der Waals surface area contributed by atoms with Gasteiger partial charge in [0.15, 0.2) is 0 Å². The second-order valence-electron chi connectivity index (χ2n) is 3.82. The molecule has 0 atom stereocenters. The minimum Gasteiger partial charge on any atom is -0.481 e. The normalized spacial score (nSPS) is 10.2. The zero-order valence-corrected chi connectivity index (χ0v) is 11.8. The van der Waals surface area contributed by atoms with E-state index in [1.807, 2.05) is 24.5 Å². The van der Waals surface area contributed by atoms with E-state index < -0.39 is 5.97 Å². The standard InChI is InChI=1S/C13H17NO4S/c1-18-9-12(15)14(7-6-13(16)17)10-4-3-5-11(8-10)19-2/h3-5,8H,6-7,9H2,1-2H3,(H,16,17). The third-order valence-corrected chi connectivity index (χ3v) is 3.21. The van der Waals surface area contributed by atoms with Crippen molar-refractivity contribution in [3.8, 4) is 0 Å². The Balaban J connectivity index is 2.92. The SMILES string of the molecule is COCC(=O)N(CCC(=O)O)c1cccc(SC)c1. The number of benzene rings is 1. The van der Waals surface area contributed by atoms with Crippen molar-refractivity contribution in [2.24, 2.45) is 0 Å². The molecule has 0 fully saturated rings. The summed E-state index contributed by atoms with van der Waals surface area (Å²) in [6.07, 6.45) is 1.84. The van der Waals surface area contributed by atoms with E-state index in [2.05, 4.69) is 0 Å². The fourth-order valence-corrected chi connectivity index (χ4v) is 2.04. The number of thioether (sulfide) groups is 1. The van der Waals surface area contributed by atoms with Gasteiger partial charge in [-0.1, -0.05) is 6.07 Å². The molecule has 0 heterocycles. The fourth-order valence-electron chi connectivity index (χ4n) is 1.59. The van der Waals surface area contributed by atoms with Crippen molar-refractivity contribution in [1.29, 1.82) is 0 Å². The second kappa shape index (κ2) is 7.81. The summed E-state index contributed by atoms with van der Waals surface area (Å²) in [7, 11) is 1.44. The maximum Gasteiger partial charge on any atom is 0.305 e. The van der Waals surface area contributed by atoms with Gasteiger partial charge in [-0.25, -0.2) is 0 Å². The van der Waals surface area contributed by atoms with E-state index in [0.717, 1.165) is 4.90 Å². The molecule has 0 saturated carbocycles. The lowest BCUT2D eigenvalue weighted by Gasteiger charge is -2.22. The van der Waals surface area contributed by atoms with E-state index in [9.17, 15) is 9.59 Å². The average Bonchev–Trinajstić information content (AvgIpc) is 2.39. The van der Waals surface area contributed by atoms with Crippen LogP contribution in [0.25, 0.3) is 0 Å². The van der Waals surface area contributed by atoms with Gasteiger partial charge in [-0.3, -0.25) is 9.59 Å². The number of methoxy groups -OCH3 is 1. The van der Waals surface area contributed by atoms with E-state index in [0.29, 0.717) is 5.69 Å². The van der Waals surface area contributed by atoms with Gasteiger partial charge >= 0.3 is 5.97 Å². The summed E-state index contributed by atoms with van der Waals surface area (Å²) in [4.78, 5) is 25.1. The Bertz CT molecular complexity index is 450. The molecule has 0 saturated heterocycles. The van der Waals surface area contributed by atoms with Crippen molar-refractivity contribution in [1.82, 2.24) is 0 Å². The van der Waals surface area contributed by atoms with Crippen LogP contribution in [0.4, 0.5) is 5.69 Å². The first-order chi connectivity index (χ1) is 9.08. The van der Waals surface area contributed by atoms with Crippen LogP contribution in [0.3, 0.4) is 0 Å². The molecule has 0 radical (unpaired) electrons. The number of carboxylic acids is 1. The number of ether oxygens (including phenoxy) is 1. The van der Waals surface area contributed by atoms with Gasteiger partial charge in [0.2, 0.25) is 0 Å². The zero-order chi connectivity index (χ0) is 14.3. The number of rotatable bonds is 7. The van der Waals surface area contributed by atoms with Crippen LogP contribution in [0.5, 0.6) is 0 Å². The van der Waals surface area contributed by atoms with Gasteiger partial charge < -0.3 is 14.7 Å². The molecule has 0 aliphatic carbocycles. The molecular formula is C13H17NO4S. The molecule has 0 unspecified atom stereocenters. The zero-order valence-electron chi connectivity index (χ0n) is 11.0. The lowest BCUT2D eigenvalue weighted by molar-refractivity contribution is -0.136. The quantitative estimate of drug-likeness (QED) is 0.774. The molecule has 1 aromatic carbocycles. The first-order valence-electron chi connectivity index (χ1n) is 5.73. The van der Waals surface area contributed by atoms with E-state index in [1.165, 1.54) is 12.0 Å². The first kappa shape index (κ1) is 15.5. The van der Waals surface area contributed by atoms with Crippen LogP contribution in [0.1, 0.15) is 6.42 Å². The summed E-state index contributed by atoms with van der Waals surface area (Å²) >= 11 is 1.56. The van der Waals surface area contributed by atoms with Crippen molar-refractivity contribution in [3.05, 3.63) is 24.3 Å². The maximum absolute atomic E-state index is 12.0. The van der Waals surface area contributed by atoms with Crippen LogP contribution in [-0.2, 0) is 14.3 Å². The van der Waals surface area contributed by atoms with Gasteiger partial charge in [-0.2, -0.15) is 0 Å². The Hall–Kier alpha value is -1.53. The molecule has 0 aromatic heterocycles. The molecule has 5 nitrogen and oxygen atoms in total. The van der Waals surface area contributed by atoms with Gasteiger partial charge in [-0.05, 0) is 24.5 Å². The molecule has 0 spiro atoms. The predicted molar refractivity (Wildman–Crippen MR) is 74.7 cm³/mol. The number of hydrogen-bond donors (Lipinski definition) is 1. The predicted octanol–water partition coefficient (Wildman–Crippen LogP) is 1.86. The fraction of sp³-hybridized carbons (Fsp3) is 0.385. The third kappa shape index (κ3) is 4.92. The first-order valence-corrected chi connectivity index (χ1v) is 6.96. The summed E-state index contributed by atoms with van der Waals surface area (Å²) in [6.45, 7) is 0.0679. The number of amides is 1. The van der Waals surface area contributed by atoms with Crippen molar-refractivity contribution in [2.75, 3.05) is 31.4 Å². The van der Waals surface area contributed by atoms with Crippen molar-refractivity contribution in [3.63, 3.8) is 0 Å². The molecule has 104 valence electrons. The molecule has 0 aliphatic heterocycles. The molecule has 1 amide bonds. The minimum atomic E-state index is -0.934. The molecule has 19 heavy (non-hydrogen) atoms. The summed E-state index contributed by atoms with van der Waals surface area (Å²) in [5.41, 5.74) is 0.690. The highest BCUT2D eigenvalue weighted by atomic mass is 32.2. The maximum atomic E-state index is 12.0. The topological polar surface area (TPSA) is 66.8 Å². The van der Waals surface area contributed by atoms with Crippen LogP contribution in [0.15, 0.2) is 29.2 Å². The largest absolute Gasteiger partial charge is 0.481 e. The number of carbonyl (C=O) groups is 2. The van der Waals surface area contributed by atoms with Crippen molar-refractivity contribution in [2.45, 2.75) is 11.3 Å². The van der Waals surface area contributed by atoms with E-state index in [1.54, 1.807) is 17.8 Å².